The van der Waals surface area contributed by atoms with Crippen LogP contribution in [-0.4, -0.2) is 18.0 Å². The maximum absolute atomic E-state index is 13.5. The smallest absolute Gasteiger partial charge is 0.340 e. The third-order valence-corrected chi connectivity index (χ3v) is 3.65. The van der Waals surface area contributed by atoms with E-state index in [2.05, 4.69) is 21.2 Å². The van der Waals surface area contributed by atoms with E-state index in [9.17, 15) is 22.8 Å². The molecule has 1 atom stereocenters. The highest BCUT2D eigenvalue weighted by molar-refractivity contribution is 9.10. The molecule has 0 fully saturated rings. The Bertz CT molecular complexity index is 798. The maximum Gasteiger partial charge on any atom is 0.340 e. The van der Waals surface area contributed by atoms with Crippen molar-refractivity contribution in [2.45, 2.75) is 13.0 Å². The van der Waals surface area contributed by atoms with E-state index >= 15 is 0 Å². The number of halogens is 4. The zero-order valence-corrected chi connectivity index (χ0v) is 13.9. The van der Waals surface area contributed by atoms with Crippen LogP contribution in [0.15, 0.2) is 40.9 Å². The number of amides is 1. The van der Waals surface area contributed by atoms with Crippen LogP contribution in [-0.2, 0) is 9.53 Å². The number of esters is 1. The number of ether oxygens (including phenoxy) is 1. The summed E-state index contributed by atoms with van der Waals surface area (Å²) in [6.45, 7) is 1.28. The van der Waals surface area contributed by atoms with E-state index in [0.29, 0.717) is 6.07 Å². The van der Waals surface area contributed by atoms with Crippen LogP contribution >= 0.6 is 15.9 Å². The second kappa shape index (κ2) is 7.48. The van der Waals surface area contributed by atoms with E-state index in [-0.39, 0.29) is 15.7 Å². The van der Waals surface area contributed by atoms with Crippen LogP contribution in [0.25, 0.3) is 0 Å². The number of hydrogen-bond acceptors (Lipinski definition) is 3. The molecule has 0 saturated carbocycles. The molecule has 0 saturated heterocycles. The predicted molar refractivity (Wildman–Crippen MR) is 84.0 cm³/mol. The summed E-state index contributed by atoms with van der Waals surface area (Å²) in [7, 11) is 0. The van der Waals surface area contributed by atoms with Gasteiger partial charge in [0, 0.05) is 10.5 Å². The first-order valence-corrected chi connectivity index (χ1v) is 7.49. The molecule has 24 heavy (non-hydrogen) atoms. The van der Waals surface area contributed by atoms with Gasteiger partial charge in [-0.15, -0.1) is 0 Å². The van der Waals surface area contributed by atoms with Gasteiger partial charge >= 0.3 is 5.97 Å². The monoisotopic (exact) mass is 401 g/mol. The number of benzene rings is 2. The van der Waals surface area contributed by atoms with Crippen LogP contribution in [0.4, 0.5) is 18.9 Å². The third kappa shape index (κ3) is 4.35. The van der Waals surface area contributed by atoms with E-state index in [1.807, 2.05) is 0 Å². The molecule has 0 spiro atoms. The lowest BCUT2D eigenvalue weighted by atomic mass is 10.2. The minimum absolute atomic E-state index is 0.0315. The second-order valence-corrected chi connectivity index (χ2v) is 5.64. The Morgan fingerprint density at radius 3 is 2.33 bits per heavy atom. The Morgan fingerprint density at radius 1 is 1.08 bits per heavy atom. The lowest BCUT2D eigenvalue weighted by molar-refractivity contribution is -0.123. The van der Waals surface area contributed by atoms with E-state index in [1.54, 1.807) is 0 Å². The number of nitrogens with one attached hydrogen (secondary N) is 1. The lowest BCUT2D eigenvalue weighted by Crippen LogP contribution is -2.30. The van der Waals surface area contributed by atoms with Crippen molar-refractivity contribution in [3.8, 4) is 0 Å². The minimum Gasteiger partial charge on any atom is -0.449 e. The van der Waals surface area contributed by atoms with Gasteiger partial charge in [-0.2, -0.15) is 0 Å². The van der Waals surface area contributed by atoms with Crippen molar-refractivity contribution >= 4 is 33.5 Å². The molecule has 0 aliphatic rings. The first-order chi connectivity index (χ1) is 11.3. The van der Waals surface area contributed by atoms with Gasteiger partial charge in [-0.3, -0.25) is 4.79 Å². The number of carbonyl (C=O) groups is 2. The van der Waals surface area contributed by atoms with Crippen LogP contribution in [0.1, 0.15) is 17.3 Å². The SMILES string of the molecule is C[C@@H](OC(=O)c1ccc(F)cc1Br)C(=O)Nc1ccc(F)cc1F. The molecule has 1 N–H and O–H groups in total. The van der Waals surface area contributed by atoms with Gasteiger partial charge in [0.05, 0.1) is 11.3 Å². The molecule has 0 unspecified atom stereocenters. The summed E-state index contributed by atoms with van der Waals surface area (Å²) < 4.78 is 44.4. The van der Waals surface area contributed by atoms with E-state index in [1.165, 1.54) is 13.0 Å². The van der Waals surface area contributed by atoms with Crippen LogP contribution in [0.5, 0.6) is 0 Å². The van der Waals surface area contributed by atoms with Crippen LogP contribution < -0.4 is 5.32 Å². The van der Waals surface area contributed by atoms with Gasteiger partial charge in [-0.05, 0) is 53.2 Å². The highest BCUT2D eigenvalue weighted by atomic mass is 79.9. The summed E-state index contributed by atoms with van der Waals surface area (Å²) in [5, 5.41) is 2.19. The Hall–Kier alpha value is -2.35. The van der Waals surface area contributed by atoms with Crippen molar-refractivity contribution in [2.75, 3.05) is 5.32 Å². The predicted octanol–water partition coefficient (Wildman–Crippen LogP) is 4.05. The molecule has 0 aliphatic carbocycles. The highest BCUT2D eigenvalue weighted by Crippen LogP contribution is 2.20. The van der Waals surface area contributed by atoms with E-state index in [4.69, 9.17) is 4.74 Å². The van der Waals surface area contributed by atoms with Gasteiger partial charge < -0.3 is 10.1 Å². The molecule has 2 aromatic rings. The molecule has 126 valence electrons. The van der Waals surface area contributed by atoms with Crippen molar-refractivity contribution in [1.82, 2.24) is 0 Å². The first-order valence-electron chi connectivity index (χ1n) is 6.70. The normalized spacial score (nSPS) is 11.7. The molecule has 2 aromatic carbocycles. The number of anilines is 1. The number of rotatable bonds is 4. The molecular formula is C16H11BrF3NO3. The lowest BCUT2D eigenvalue weighted by Gasteiger charge is -2.14. The van der Waals surface area contributed by atoms with Gasteiger partial charge in [0.2, 0.25) is 0 Å². The highest BCUT2D eigenvalue weighted by Gasteiger charge is 2.21. The zero-order valence-electron chi connectivity index (χ0n) is 12.3. The van der Waals surface area contributed by atoms with Gasteiger partial charge in [-0.25, -0.2) is 18.0 Å². The van der Waals surface area contributed by atoms with Gasteiger partial charge in [0.15, 0.2) is 6.10 Å². The molecule has 0 heterocycles. The topological polar surface area (TPSA) is 55.4 Å². The standard InChI is InChI=1S/C16H11BrF3NO3/c1-8(15(22)21-14-5-3-10(19)7-13(14)20)24-16(23)11-4-2-9(18)6-12(11)17/h2-8H,1H3,(H,21,22)/t8-/m1/s1. The Morgan fingerprint density at radius 2 is 1.71 bits per heavy atom. The summed E-state index contributed by atoms with van der Waals surface area (Å²) in [5.74, 6) is -3.94. The molecule has 0 bridgehead atoms. The fraction of sp³-hybridized carbons (Fsp3) is 0.125. The Labute approximate surface area is 143 Å². The number of hydrogen-bond donors (Lipinski definition) is 1. The van der Waals surface area contributed by atoms with Crippen LogP contribution in [0.3, 0.4) is 0 Å². The average Bonchev–Trinajstić information content (AvgIpc) is 2.49. The van der Waals surface area contributed by atoms with Crippen molar-refractivity contribution in [2.24, 2.45) is 0 Å². The molecule has 1 amide bonds. The van der Waals surface area contributed by atoms with Gasteiger partial charge in [0.25, 0.3) is 5.91 Å². The molecule has 0 radical (unpaired) electrons. The average molecular weight is 402 g/mol. The van der Waals surface area contributed by atoms with Gasteiger partial charge in [-0.1, -0.05) is 0 Å². The zero-order chi connectivity index (χ0) is 17.9. The largest absolute Gasteiger partial charge is 0.449 e. The summed E-state index contributed by atoms with van der Waals surface area (Å²) in [6.07, 6.45) is -1.25. The van der Waals surface area contributed by atoms with Crippen molar-refractivity contribution in [3.63, 3.8) is 0 Å². The molecule has 0 aliphatic heterocycles. The summed E-state index contributed by atoms with van der Waals surface area (Å²) in [5.41, 5.74) is -0.212. The van der Waals surface area contributed by atoms with Crippen LogP contribution in [0, 0.1) is 17.5 Å². The fourth-order valence-corrected chi connectivity index (χ4v) is 2.27. The van der Waals surface area contributed by atoms with Crippen molar-refractivity contribution in [3.05, 3.63) is 63.9 Å². The Balaban J connectivity index is 2.04. The quantitative estimate of drug-likeness (QED) is 0.786. The minimum atomic E-state index is -1.25. The summed E-state index contributed by atoms with van der Waals surface area (Å²) in [4.78, 5) is 23.9. The molecular weight excluding hydrogens is 391 g/mol. The maximum atomic E-state index is 13.5. The molecule has 8 heteroatoms. The Kier molecular flexibility index (Phi) is 5.61. The van der Waals surface area contributed by atoms with E-state index < -0.39 is 35.4 Å². The number of carbonyl (C=O) groups excluding carboxylic acids is 2. The van der Waals surface area contributed by atoms with Crippen molar-refractivity contribution in [1.29, 1.82) is 0 Å². The molecule has 0 aromatic heterocycles. The first kappa shape index (κ1) is 18.0. The van der Waals surface area contributed by atoms with Crippen molar-refractivity contribution < 1.29 is 27.5 Å². The molecule has 2 rings (SSSR count). The second-order valence-electron chi connectivity index (χ2n) is 4.79. The molecule has 4 nitrogen and oxygen atoms in total. The summed E-state index contributed by atoms with van der Waals surface area (Å²) in [6, 6.07) is 5.99. The third-order valence-electron chi connectivity index (χ3n) is 2.99. The summed E-state index contributed by atoms with van der Waals surface area (Å²) >= 11 is 3.02. The van der Waals surface area contributed by atoms with Gasteiger partial charge in [0.1, 0.15) is 17.5 Å². The van der Waals surface area contributed by atoms with E-state index in [0.717, 1.165) is 24.3 Å². The van der Waals surface area contributed by atoms with Crippen LogP contribution in [0.2, 0.25) is 0 Å². The fourth-order valence-electron chi connectivity index (χ4n) is 1.76.